The average molecular weight is 286 g/mol. The Kier molecular flexibility index (Phi) is 4.04. The molecule has 20 heavy (non-hydrogen) atoms. The SMILES string of the molecule is CC1(C(=O)Nc2cccc(C(F)(F)F)c2)CCCCN1. The number of amides is 1. The second-order valence-electron chi connectivity index (χ2n) is 5.25. The van der Waals surface area contributed by atoms with Gasteiger partial charge >= 0.3 is 6.18 Å². The number of alkyl halides is 3. The van der Waals surface area contributed by atoms with Crippen LogP contribution in [0, 0.1) is 0 Å². The zero-order valence-electron chi connectivity index (χ0n) is 11.2. The fraction of sp³-hybridized carbons (Fsp3) is 0.500. The molecule has 0 radical (unpaired) electrons. The molecule has 1 aliphatic rings. The third-order valence-corrected chi connectivity index (χ3v) is 3.57. The summed E-state index contributed by atoms with van der Waals surface area (Å²) in [6.45, 7) is 2.52. The Labute approximate surface area is 115 Å². The summed E-state index contributed by atoms with van der Waals surface area (Å²) in [4.78, 5) is 12.2. The van der Waals surface area contributed by atoms with Gasteiger partial charge in [0.25, 0.3) is 0 Å². The Morgan fingerprint density at radius 2 is 2.10 bits per heavy atom. The number of halogens is 3. The molecule has 1 heterocycles. The molecule has 0 aliphatic carbocycles. The van der Waals surface area contributed by atoms with Crippen molar-refractivity contribution in [3.63, 3.8) is 0 Å². The monoisotopic (exact) mass is 286 g/mol. The number of benzene rings is 1. The van der Waals surface area contributed by atoms with Crippen molar-refractivity contribution in [3.05, 3.63) is 29.8 Å². The molecular formula is C14H17F3N2O. The van der Waals surface area contributed by atoms with E-state index in [1.54, 1.807) is 6.92 Å². The van der Waals surface area contributed by atoms with Crippen molar-refractivity contribution < 1.29 is 18.0 Å². The Morgan fingerprint density at radius 1 is 1.35 bits per heavy atom. The highest BCUT2D eigenvalue weighted by Gasteiger charge is 2.35. The maximum Gasteiger partial charge on any atom is 0.416 e. The first-order chi connectivity index (χ1) is 9.31. The van der Waals surface area contributed by atoms with E-state index in [1.165, 1.54) is 12.1 Å². The summed E-state index contributed by atoms with van der Waals surface area (Å²) in [7, 11) is 0. The van der Waals surface area contributed by atoms with Gasteiger partial charge in [-0.1, -0.05) is 6.07 Å². The molecule has 0 saturated carbocycles. The van der Waals surface area contributed by atoms with Crippen molar-refractivity contribution in [2.45, 2.75) is 37.9 Å². The van der Waals surface area contributed by atoms with Crippen LogP contribution in [-0.2, 0) is 11.0 Å². The van der Waals surface area contributed by atoms with E-state index < -0.39 is 17.3 Å². The lowest BCUT2D eigenvalue weighted by Gasteiger charge is -2.33. The van der Waals surface area contributed by atoms with Crippen LogP contribution in [0.2, 0.25) is 0 Å². The van der Waals surface area contributed by atoms with Crippen molar-refractivity contribution in [1.29, 1.82) is 0 Å². The van der Waals surface area contributed by atoms with Gasteiger partial charge in [-0.3, -0.25) is 4.79 Å². The molecule has 0 spiro atoms. The number of anilines is 1. The van der Waals surface area contributed by atoms with Crippen molar-refractivity contribution in [3.8, 4) is 0 Å². The Balaban J connectivity index is 2.12. The number of carbonyl (C=O) groups is 1. The number of hydrogen-bond acceptors (Lipinski definition) is 2. The van der Waals surface area contributed by atoms with E-state index in [9.17, 15) is 18.0 Å². The molecule has 1 amide bonds. The lowest BCUT2D eigenvalue weighted by Crippen LogP contribution is -2.54. The highest BCUT2D eigenvalue weighted by molar-refractivity contribution is 5.97. The van der Waals surface area contributed by atoms with E-state index in [0.717, 1.165) is 31.5 Å². The lowest BCUT2D eigenvalue weighted by molar-refractivity contribution is -0.137. The van der Waals surface area contributed by atoms with Crippen LogP contribution < -0.4 is 10.6 Å². The fourth-order valence-electron chi connectivity index (χ4n) is 2.29. The summed E-state index contributed by atoms with van der Waals surface area (Å²) in [6.07, 6.45) is -1.79. The number of hydrogen-bond donors (Lipinski definition) is 2. The standard InChI is InChI=1S/C14H17F3N2O/c1-13(7-2-3-8-18-13)12(20)19-11-6-4-5-10(9-11)14(15,16)17/h4-6,9,18H,2-3,7-8H2,1H3,(H,19,20). The molecule has 2 N–H and O–H groups in total. The molecule has 1 atom stereocenters. The highest BCUT2D eigenvalue weighted by atomic mass is 19.4. The maximum atomic E-state index is 12.6. The van der Waals surface area contributed by atoms with Crippen molar-refractivity contribution in [2.75, 3.05) is 11.9 Å². The second kappa shape index (κ2) is 5.44. The predicted molar refractivity (Wildman–Crippen MR) is 70.3 cm³/mol. The van der Waals surface area contributed by atoms with Crippen molar-refractivity contribution >= 4 is 11.6 Å². The lowest BCUT2D eigenvalue weighted by atomic mass is 9.90. The van der Waals surface area contributed by atoms with Gasteiger partial charge in [0.1, 0.15) is 0 Å². The van der Waals surface area contributed by atoms with E-state index in [4.69, 9.17) is 0 Å². The maximum absolute atomic E-state index is 12.6. The molecule has 0 aromatic heterocycles. The molecule has 3 nitrogen and oxygen atoms in total. The predicted octanol–water partition coefficient (Wildman–Crippen LogP) is 3.18. The molecular weight excluding hydrogens is 269 g/mol. The molecule has 6 heteroatoms. The highest BCUT2D eigenvalue weighted by Crippen LogP contribution is 2.31. The van der Waals surface area contributed by atoms with Crippen LogP contribution in [0.15, 0.2) is 24.3 Å². The molecule has 1 unspecified atom stereocenters. The average Bonchev–Trinajstić information content (AvgIpc) is 2.39. The second-order valence-corrected chi connectivity index (χ2v) is 5.25. The molecule has 110 valence electrons. The molecule has 2 rings (SSSR count). The van der Waals surface area contributed by atoms with E-state index in [-0.39, 0.29) is 11.6 Å². The van der Waals surface area contributed by atoms with Crippen LogP contribution >= 0.6 is 0 Å². The molecule has 1 saturated heterocycles. The van der Waals surface area contributed by atoms with Crippen LogP contribution in [0.4, 0.5) is 18.9 Å². The number of carbonyl (C=O) groups excluding carboxylic acids is 1. The first kappa shape index (κ1) is 14.8. The summed E-state index contributed by atoms with van der Waals surface area (Å²) < 4.78 is 37.8. The van der Waals surface area contributed by atoms with Gasteiger partial charge in [-0.2, -0.15) is 13.2 Å². The summed E-state index contributed by atoms with van der Waals surface area (Å²) in [6, 6.07) is 4.68. The number of rotatable bonds is 2. The van der Waals surface area contributed by atoms with E-state index in [0.29, 0.717) is 6.42 Å². The largest absolute Gasteiger partial charge is 0.416 e. The minimum Gasteiger partial charge on any atom is -0.324 e. The van der Waals surface area contributed by atoms with Gasteiger partial charge in [-0.15, -0.1) is 0 Å². The molecule has 1 fully saturated rings. The van der Waals surface area contributed by atoms with Gasteiger partial charge < -0.3 is 10.6 Å². The summed E-state index contributed by atoms with van der Waals surface area (Å²) in [5.41, 5.74) is -1.32. The summed E-state index contributed by atoms with van der Waals surface area (Å²) in [5.74, 6) is -0.295. The molecule has 1 aromatic carbocycles. The van der Waals surface area contributed by atoms with Gasteiger partial charge in [0.05, 0.1) is 11.1 Å². The minimum absolute atomic E-state index is 0.165. The Bertz CT molecular complexity index is 493. The van der Waals surface area contributed by atoms with Gasteiger partial charge in [-0.05, 0) is 50.9 Å². The smallest absolute Gasteiger partial charge is 0.324 e. The van der Waals surface area contributed by atoms with E-state index in [1.807, 2.05) is 0 Å². The van der Waals surface area contributed by atoms with Crippen molar-refractivity contribution in [1.82, 2.24) is 5.32 Å². The zero-order valence-corrected chi connectivity index (χ0v) is 11.2. The quantitative estimate of drug-likeness (QED) is 0.876. The minimum atomic E-state index is -4.41. The zero-order chi connectivity index (χ0) is 14.8. The third-order valence-electron chi connectivity index (χ3n) is 3.57. The third kappa shape index (κ3) is 3.30. The van der Waals surface area contributed by atoms with Crippen LogP contribution in [0.3, 0.4) is 0 Å². The molecule has 1 aliphatic heterocycles. The van der Waals surface area contributed by atoms with Crippen molar-refractivity contribution in [2.24, 2.45) is 0 Å². The van der Waals surface area contributed by atoms with Crippen LogP contribution in [0.25, 0.3) is 0 Å². The van der Waals surface area contributed by atoms with Gasteiger partial charge in [0.2, 0.25) is 5.91 Å². The normalized spacial score (nSPS) is 23.4. The summed E-state index contributed by atoms with van der Waals surface area (Å²) >= 11 is 0. The first-order valence-corrected chi connectivity index (χ1v) is 6.55. The van der Waals surface area contributed by atoms with Gasteiger partial charge in [0, 0.05) is 5.69 Å². The number of nitrogens with one attached hydrogen (secondary N) is 2. The van der Waals surface area contributed by atoms with E-state index >= 15 is 0 Å². The van der Waals surface area contributed by atoms with Crippen LogP contribution in [0.5, 0.6) is 0 Å². The van der Waals surface area contributed by atoms with Crippen LogP contribution in [0.1, 0.15) is 31.7 Å². The molecule has 1 aromatic rings. The first-order valence-electron chi connectivity index (χ1n) is 6.55. The fourth-order valence-corrected chi connectivity index (χ4v) is 2.29. The Hall–Kier alpha value is -1.56. The molecule has 0 bridgehead atoms. The van der Waals surface area contributed by atoms with Gasteiger partial charge in [-0.25, -0.2) is 0 Å². The topological polar surface area (TPSA) is 41.1 Å². The number of piperidine rings is 1. The Morgan fingerprint density at radius 3 is 2.70 bits per heavy atom. The van der Waals surface area contributed by atoms with Crippen LogP contribution in [-0.4, -0.2) is 18.0 Å². The van der Waals surface area contributed by atoms with Gasteiger partial charge in [0.15, 0.2) is 0 Å². The summed E-state index contributed by atoms with van der Waals surface area (Å²) in [5, 5.41) is 5.69. The van der Waals surface area contributed by atoms with E-state index in [2.05, 4.69) is 10.6 Å².